The quantitative estimate of drug-likeness (QED) is 0.539. The minimum absolute atomic E-state index is 0.0460. The van der Waals surface area contributed by atoms with Crippen molar-refractivity contribution < 1.29 is 14.6 Å². The molecule has 0 saturated heterocycles. The number of carbonyl (C=O) groups is 1. The van der Waals surface area contributed by atoms with Crippen molar-refractivity contribution in [3.8, 4) is 0 Å². The average molecular weight is 232 g/mol. The third-order valence-electron chi connectivity index (χ3n) is 2.15. The van der Waals surface area contributed by atoms with E-state index in [4.69, 9.17) is 9.84 Å². The molecule has 0 rings (SSSR count). The molecule has 0 aromatic heterocycles. The zero-order valence-corrected chi connectivity index (χ0v) is 10.6. The van der Waals surface area contributed by atoms with Crippen LogP contribution in [0.3, 0.4) is 0 Å². The van der Waals surface area contributed by atoms with E-state index in [1.54, 1.807) is 14.0 Å². The zero-order chi connectivity index (χ0) is 12.6. The molecule has 0 spiro atoms. The first-order valence-electron chi connectivity index (χ1n) is 5.64. The Bertz CT molecular complexity index is 198. The first-order chi connectivity index (χ1) is 7.51. The highest BCUT2D eigenvalue weighted by atomic mass is 16.5. The Morgan fingerprint density at radius 1 is 1.38 bits per heavy atom. The maximum absolute atomic E-state index is 11.6. The summed E-state index contributed by atoms with van der Waals surface area (Å²) in [5, 5.41) is 14.9. The van der Waals surface area contributed by atoms with Crippen LogP contribution in [0.25, 0.3) is 0 Å². The minimum atomic E-state index is -0.328. The van der Waals surface area contributed by atoms with Crippen LogP contribution in [-0.4, -0.2) is 50.0 Å². The Kier molecular flexibility index (Phi) is 8.15. The highest BCUT2D eigenvalue weighted by molar-refractivity contribution is 5.81. The Hall–Kier alpha value is -0.650. The lowest BCUT2D eigenvalue weighted by Crippen LogP contribution is -2.49. The summed E-state index contributed by atoms with van der Waals surface area (Å²) < 4.78 is 4.92. The summed E-state index contributed by atoms with van der Waals surface area (Å²) in [4.78, 5) is 11.6. The molecule has 1 amide bonds. The van der Waals surface area contributed by atoms with Crippen LogP contribution in [0.15, 0.2) is 0 Å². The van der Waals surface area contributed by atoms with Crippen molar-refractivity contribution in [2.45, 2.75) is 32.9 Å². The van der Waals surface area contributed by atoms with E-state index in [9.17, 15) is 4.79 Å². The molecule has 0 aromatic rings. The molecule has 96 valence electrons. The fraction of sp³-hybridized carbons (Fsp3) is 0.909. The third kappa shape index (κ3) is 6.76. The van der Waals surface area contributed by atoms with Crippen LogP contribution in [0.2, 0.25) is 0 Å². The van der Waals surface area contributed by atoms with Crippen molar-refractivity contribution in [2.75, 3.05) is 26.9 Å². The van der Waals surface area contributed by atoms with E-state index in [1.165, 1.54) is 0 Å². The van der Waals surface area contributed by atoms with Gasteiger partial charge in [-0.2, -0.15) is 0 Å². The number of aliphatic hydroxyl groups excluding tert-OH is 1. The van der Waals surface area contributed by atoms with Gasteiger partial charge in [-0.15, -0.1) is 0 Å². The fourth-order valence-corrected chi connectivity index (χ4v) is 1.24. The molecule has 0 heterocycles. The summed E-state index contributed by atoms with van der Waals surface area (Å²) in [7, 11) is 1.56. The van der Waals surface area contributed by atoms with E-state index < -0.39 is 0 Å². The summed E-state index contributed by atoms with van der Waals surface area (Å²) >= 11 is 0. The second-order valence-corrected chi connectivity index (χ2v) is 4.36. The number of carbonyl (C=O) groups excluding carboxylic acids is 1. The molecule has 0 aliphatic rings. The van der Waals surface area contributed by atoms with Gasteiger partial charge in [-0.1, -0.05) is 13.8 Å². The molecule has 0 bridgehead atoms. The maximum atomic E-state index is 11.6. The number of methoxy groups -OCH3 is 1. The number of ether oxygens (including phenoxy) is 1. The Labute approximate surface area is 97.6 Å². The van der Waals surface area contributed by atoms with Crippen LogP contribution in [0.1, 0.15) is 20.8 Å². The fourth-order valence-electron chi connectivity index (χ4n) is 1.24. The van der Waals surface area contributed by atoms with Crippen LogP contribution in [0.5, 0.6) is 0 Å². The highest BCUT2D eigenvalue weighted by Crippen LogP contribution is 1.92. The second kappa shape index (κ2) is 8.50. The van der Waals surface area contributed by atoms with E-state index in [0.717, 1.165) is 0 Å². The molecular weight excluding hydrogens is 208 g/mol. The van der Waals surface area contributed by atoms with Gasteiger partial charge in [0, 0.05) is 13.7 Å². The Morgan fingerprint density at radius 3 is 2.44 bits per heavy atom. The van der Waals surface area contributed by atoms with Crippen molar-refractivity contribution in [3.05, 3.63) is 0 Å². The number of nitrogens with one attached hydrogen (secondary N) is 2. The lowest BCUT2D eigenvalue weighted by molar-refractivity contribution is -0.123. The van der Waals surface area contributed by atoms with Gasteiger partial charge in [-0.3, -0.25) is 10.1 Å². The smallest absolute Gasteiger partial charge is 0.236 e. The van der Waals surface area contributed by atoms with Gasteiger partial charge in [0.25, 0.3) is 0 Å². The van der Waals surface area contributed by atoms with Crippen LogP contribution in [0.4, 0.5) is 0 Å². The van der Waals surface area contributed by atoms with Crippen molar-refractivity contribution >= 4 is 5.91 Å². The SMILES string of the molecule is COCC(CO)NC(C)C(=O)NCC(C)C. The van der Waals surface area contributed by atoms with Gasteiger partial charge < -0.3 is 15.2 Å². The lowest BCUT2D eigenvalue weighted by Gasteiger charge is -2.21. The van der Waals surface area contributed by atoms with Crippen LogP contribution < -0.4 is 10.6 Å². The van der Waals surface area contributed by atoms with Gasteiger partial charge in [0.05, 0.1) is 25.3 Å². The van der Waals surface area contributed by atoms with Crippen molar-refractivity contribution in [3.63, 3.8) is 0 Å². The molecule has 0 aliphatic heterocycles. The standard InChI is InChI=1S/C11H24N2O3/c1-8(2)5-12-11(15)9(3)13-10(6-14)7-16-4/h8-10,13-14H,5-7H2,1-4H3,(H,12,15). The first-order valence-corrected chi connectivity index (χ1v) is 5.64. The third-order valence-corrected chi connectivity index (χ3v) is 2.15. The van der Waals surface area contributed by atoms with E-state index in [1.807, 2.05) is 13.8 Å². The number of amides is 1. The van der Waals surface area contributed by atoms with Crippen molar-refractivity contribution in [2.24, 2.45) is 5.92 Å². The van der Waals surface area contributed by atoms with Gasteiger partial charge in [-0.25, -0.2) is 0 Å². The number of aliphatic hydroxyl groups is 1. The normalized spacial score (nSPS) is 14.9. The van der Waals surface area contributed by atoms with Crippen molar-refractivity contribution in [1.82, 2.24) is 10.6 Å². The average Bonchev–Trinajstić information content (AvgIpc) is 2.24. The number of hydrogen-bond acceptors (Lipinski definition) is 4. The molecule has 0 aromatic carbocycles. The molecule has 0 radical (unpaired) electrons. The van der Waals surface area contributed by atoms with Gasteiger partial charge in [0.15, 0.2) is 0 Å². The summed E-state index contributed by atoms with van der Waals surface area (Å²) in [5.41, 5.74) is 0. The van der Waals surface area contributed by atoms with Gasteiger partial charge in [0.2, 0.25) is 5.91 Å². The molecule has 0 fully saturated rings. The lowest BCUT2D eigenvalue weighted by atomic mass is 10.2. The van der Waals surface area contributed by atoms with E-state index in [-0.39, 0.29) is 24.6 Å². The summed E-state index contributed by atoms with van der Waals surface area (Å²) in [6.07, 6.45) is 0. The Morgan fingerprint density at radius 2 is 2.00 bits per heavy atom. The predicted molar refractivity (Wildman–Crippen MR) is 63.2 cm³/mol. The van der Waals surface area contributed by atoms with Crippen molar-refractivity contribution in [1.29, 1.82) is 0 Å². The molecule has 0 saturated carbocycles. The number of rotatable bonds is 8. The largest absolute Gasteiger partial charge is 0.395 e. The minimum Gasteiger partial charge on any atom is -0.395 e. The zero-order valence-electron chi connectivity index (χ0n) is 10.6. The first kappa shape index (κ1) is 15.3. The number of hydrogen-bond donors (Lipinski definition) is 3. The summed E-state index contributed by atoms with van der Waals surface area (Å²) in [6, 6.07) is -0.532. The topological polar surface area (TPSA) is 70.6 Å². The predicted octanol–water partition coefficient (Wildman–Crippen LogP) is -0.256. The molecule has 5 nitrogen and oxygen atoms in total. The second-order valence-electron chi connectivity index (χ2n) is 4.36. The van der Waals surface area contributed by atoms with E-state index in [2.05, 4.69) is 10.6 Å². The van der Waals surface area contributed by atoms with Gasteiger partial charge in [0.1, 0.15) is 0 Å². The van der Waals surface area contributed by atoms with E-state index in [0.29, 0.717) is 19.1 Å². The van der Waals surface area contributed by atoms with Crippen LogP contribution >= 0.6 is 0 Å². The molecule has 5 heteroatoms. The summed E-state index contributed by atoms with van der Waals surface area (Å²) in [5.74, 6) is 0.381. The molecule has 0 aliphatic carbocycles. The maximum Gasteiger partial charge on any atom is 0.236 e. The molecule has 2 atom stereocenters. The monoisotopic (exact) mass is 232 g/mol. The molecule has 16 heavy (non-hydrogen) atoms. The summed E-state index contributed by atoms with van der Waals surface area (Å²) in [6.45, 7) is 6.86. The van der Waals surface area contributed by atoms with Crippen LogP contribution in [0, 0.1) is 5.92 Å². The highest BCUT2D eigenvalue weighted by Gasteiger charge is 2.16. The molecule has 2 unspecified atom stereocenters. The van der Waals surface area contributed by atoms with Gasteiger partial charge in [-0.05, 0) is 12.8 Å². The Balaban J connectivity index is 3.92. The molecular formula is C11H24N2O3. The van der Waals surface area contributed by atoms with E-state index >= 15 is 0 Å². The van der Waals surface area contributed by atoms with Crippen LogP contribution in [-0.2, 0) is 9.53 Å². The molecule has 3 N–H and O–H groups in total. The van der Waals surface area contributed by atoms with Gasteiger partial charge >= 0.3 is 0 Å².